The Morgan fingerprint density at radius 2 is 1.82 bits per heavy atom. The molecule has 0 unspecified atom stereocenters. The van der Waals surface area contributed by atoms with Crippen LogP contribution in [0.1, 0.15) is 5.56 Å². The molecule has 0 saturated heterocycles. The van der Waals surface area contributed by atoms with Crippen molar-refractivity contribution in [1.29, 1.82) is 0 Å². The van der Waals surface area contributed by atoms with Crippen molar-refractivity contribution in [3.05, 3.63) is 29.3 Å². The van der Waals surface area contributed by atoms with Crippen LogP contribution in [0, 0.1) is 23.1 Å². The summed E-state index contributed by atoms with van der Waals surface area (Å²) in [5.74, 6) is 0.372. The molecule has 0 aromatic heterocycles. The van der Waals surface area contributed by atoms with Gasteiger partial charge in [-0.1, -0.05) is 25.6 Å². The summed E-state index contributed by atoms with van der Waals surface area (Å²) in [5, 5.41) is 0. The van der Waals surface area contributed by atoms with Gasteiger partial charge in [0.25, 0.3) is 0 Å². The van der Waals surface area contributed by atoms with Crippen LogP contribution in [-0.2, 0) is 4.79 Å². The third-order valence-electron chi connectivity index (χ3n) is 1.80. The fourth-order valence-electron chi connectivity index (χ4n) is 1.03. The number of rotatable bonds is 1. The van der Waals surface area contributed by atoms with E-state index in [0.717, 1.165) is 0 Å². The van der Waals surface area contributed by atoms with E-state index in [-0.39, 0.29) is 11.3 Å². The average Bonchev–Trinajstić information content (AvgIpc) is 2.23. The number of halogens is 2. The van der Waals surface area contributed by atoms with Crippen molar-refractivity contribution in [2.24, 2.45) is 4.99 Å². The van der Waals surface area contributed by atoms with Crippen LogP contribution in [0.15, 0.2) is 17.1 Å². The molecule has 2 nitrogen and oxygen atoms in total. The average molecular weight is 251 g/mol. The fourth-order valence-corrected chi connectivity index (χ4v) is 1.54. The predicted molar refractivity (Wildman–Crippen MR) is 64.4 cm³/mol. The van der Waals surface area contributed by atoms with Crippen LogP contribution in [0.3, 0.4) is 0 Å². The summed E-state index contributed by atoms with van der Waals surface area (Å²) in [6.45, 7) is 6.00. The summed E-state index contributed by atoms with van der Waals surface area (Å²) in [4.78, 5) is 13.0. The zero-order valence-corrected chi connectivity index (χ0v) is 10.8. The minimum Gasteiger partial charge on any atom is -0.211 e. The second kappa shape index (κ2) is 5.04. The van der Waals surface area contributed by atoms with Gasteiger partial charge in [-0.05, 0) is 12.1 Å². The molecule has 0 bridgehead atoms. The van der Waals surface area contributed by atoms with Crippen LogP contribution in [0.2, 0.25) is 19.6 Å². The van der Waals surface area contributed by atoms with Crippen molar-refractivity contribution in [3.63, 3.8) is 0 Å². The molecule has 0 radical (unpaired) electrons. The van der Waals surface area contributed by atoms with Gasteiger partial charge in [-0.15, -0.1) is 5.54 Å². The van der Waals surface area contributed by atoms with E-state index in [9.17, 15) is 13.6 Å². The molecule has 0 aliphatic carbocycles. The van der Waals surface area contributed by atoms with Gasteiger partial charge in [0, 0.05) is 0 Å². The van der Waals surface area contributed by atoms with Crippen molar-refractivity contribution in [2.75, 3.05) is 0 Å². The molecule has 0 aliphatic rings. The van der Waals surface area contributed by atoms with E-state index in [4.69, 9.17) is 0 Å². The molecule has 1 rings (SSSR count). The molecule has 0 spiro atoms. The van der Waals surface area contributed by atoms with E-state index in [1.807, 2.05) is 19.6 Å². The Morgan fingerprint density at radius 3 is 2.35 bits per heavy atom. The Balaban J connectivity index is 3.25. The smallest absolute Gasteiger partial charge is 0.211 e. The highest BCUT2D eigenvalue weighted by Gasteiger charge is 2.13. The predicted octanol–water partition coefficient (Wildman–Crippen LogP) is 3.16. The van der Waals surface area contributed by atoms with E-state index in [2.05, 4.69) is 16.5 Å². The molecule has 0 atom stereocenters. The lowest BCUT2D eigenvalue weighted by molar-refractivity contribution is 0.508. The number of carbonyl (C=O) groups excluding carboxylic acids is 1. The molecule has 1 aromatic rings. The molecular formula is C12H11F2NOSi. The molecule has 0 N–H and O–H groups in total. The van der Waals surface area contributed by atoms with Crippen molar-refractivity contribution in [2.45, 2.75) is 19.6 Å². The first-order valence-corrected chi connectivity index (χ1v) is 8.44. The fraction of sp³-hybridized carbons (Fsp3) is 0.250. The van der Waals surface area contributed by atoms with Gasteiger partial charge in [0.15, 0.2) is 11.6 Å². The van der Waals surface area contributed by atoms with E-state index in [0.29, 0.717) is 0 Å². The van der Waals surface area contributed by atoms with Gasteiger partial charge in [-0.2, -0.15) is 4.99 Å². The van der Waals surface area contributed by atoms with Crippen molar-refractivity contribution >= 4 is 19.8 Å². The van der Waals surface area contributed by atoms with Crippen LogP contribution < -0.4 is 0 Å². The van der Waals surface area contributed by atoms with E-state index in [1.54, 1.807) is 0 Å². The largest absolute Gasteiger partial charge is 0.240 e. The van der Waals surface area contributed by atoms with Gasteiger partial charge in [0.2, 0.25) is 6.08 Å². The molecule has 0 amide bonds. The van der Waals surface area contributed by atoms with Crippen LogP contribution in [0.5, 0.6) is 0 Å². The molecule has 17 heavy (non-hydrogen) atoms. The zero-order chi connectivity index (χ0) is 13.1. The van der Waals surface area contributed by atoms with E-state index in [1.165, 1.54) is 18.2 Å². The normalized spacial score (nSPS) is 10.2. The number of benzene rings is 1. The Kier molecular flexibility index (Phi) is 3.95. The van der Waals surface area contributed by atoms with Gasteiger partial charge in [0.1, 0.15) is 13.8 Å². The lowest BCUT2D eigenvalue weighted by atomic mass is 10.2. The Hall–Kier alpha value is -1.76. The highest BCUT2D eigenvalue weighted by atomic mass is 28.3. The first-order chi connectivity index (χ1) is 7.85. The second-order valence-electron chi connectivity index (χ2n) is 4.46. The maximum absolute atomic E-state index is 13.5. The first-order valence-electron chi connectivity index (χ1n) is 4.94. The topological polar surface area (TPSA) is 29.4 Å². The van der Waals surface area contributed by atoms with Crippen LogP contribution >= 0.6 is 0 Å². The van der Waals surface area contributed by atoms with Crippen molar-refractivity contribution in [1.82, 2.24) is 0 Å². The zero-order valence-electron chi connectivity index (χ0n) is 9.77. The maximum atomic E-state index is 13.5. The second-order valence-corrected chi connectivity index (χ2v) is 9.21. The van der Waals surface area contributed by atoms with Gasteiger partial charge < -0.3 is 0 Å². The highest BCUT2D eigenvalue weighted by Crippen LogP contribution is 2.22. The summed E-state index contributed by atoms with van der Waals surface area (Å²) in [7, 11) is -1.65. The lowest BCUT2D eigenvalue weighted by Gasteiger charge is -2.04. The number of hydrogen-bond donors (Lipinski definition) is 0. The molecule has 88 valence electrons. The van der Waals surface area contributed by atoms with Crippen molar-refractivity contribution < 1.29 is 13.6 Å². The third kappa shape index (κ3) is 3.63. The molecule has 0 saturated carbocycles. The highest BCUT2D eigenvalue weighted by molar-refractivity contribution is 6.83. The standard InChI is InChI=1S/C12H11F2NOSi/c1-17(2,3)7-6-9-4-5-10(15-8-16)12(14)11(9)13/h4-5H,1-3H3. The summed E-state index contributed by atoms with van der Waals surface area (Å²) < 4.78 is 26.9. The number of isocyanates is 1. The molecular weight excluding hydrogens is 240 g/mol. The third-order valence-corrected chi connectivity index (χ3v) is 2.68. The summed E-state index contributed by atoms with van der Waals surface area (Å²) in [6.07, 6.45) is 1.17. The number of nitrogens with zero attached hydrogens (tertiary/aromatic N) is 1. The monoisotopic (exact) mass is 251 g/mol. The van der Waals surface area contributed by atoms with E-state index >= 15 is 0 Å². The van der Waals surface area contributed by atoms with E-state index < -0.39 is 19.7 Å². The van der Waals surface area contributed by atoms with Crippen molar-refractivity contribution in [3.8, 4) is 11.5 Å². The van der Waals surface area contributed by atoms with Gasteiger partial charge in [-0.3, -0.25) is 0 Å². The SMILES string of the molecule is C[Si](C)(C)C#Cc1ccc(N=C=O)c(F)c1F. The van der Waals surface area contributed by atoms with Gasteiger partial charge in [-0.25, -0.2) is 13.6 Å². The quantitative estimate of drug-likeness (QED) is 0.326. The lowest BCUT2D eigenvalue weighted by Crippen LogP contribution is -2.16. The minimum absolute atomic E-state index is 0.0187. The van der Waals surface area contributed by atoms with Crippen LogP contribution in [0.4, 0.5) is 14.5 Å². The Labute approximate surface area is 99.4 Å². The molecule has 0 fully saturated rings. The van der Waals surface area contributed by atoms with Crippen LogP contribution in [-0.4, -0.2) is 14.2 Å². The number of aliphatic imine (C=N–C) groups is 1. The molecule has 0 heterocycles. The maximum Gasteiger partial charge on any atom is 0.240 e. The van der Waals surface area contributed by atoms with Gasteiger partial charge >= 0.3 is 0 Å². The first kappa shape index (κ1) is 13.3. The van der Waals surface area contributed by atoms with Crippen LogP contribution in [0.25, 0.3) is 0 Å². The number of hydrogen-bond acceptors (Lipinski definition) is 2. The Morgan fingerprint density at radius 1 is 1.18 bits per heavy atom. The Bertz CT molecular complexity index is 546. The summed E-state index contributed by atoms with van der Waals surface area (Å²) in [6, 6.07) is 2.51. The minimum atomic E-state index is -1.65. The molecule has 0 aliphatic heterocycles. The van der Waals surface area contributed by atoms with Gasteiger partial charge in [0.05, 0.1) is 5.56 Å². The molecule has 1 aromatic carbocycles. The summed E-state index contributed by atoms with van der Waals surface area (Å²) >= 11 is 0. The molecule has 5 heteroatoms. The summed E-state index contributed by atoms with van der Waals surface area (Å²) in [5.41, 5.74) is 2.55.